The second-order valence-corrected chi connectivity index (χ2v) is 5.18. The fraction of sp³-hybridized carbons (Fsp3) is 0.529. The third kappa shape index (κ3) is 7.54. The molecule has 6 heteroatoms. The van der Waals surface area contributed by atoms with E-state index >= 15 is 0 Å². The van der Waals surface area contributed by atoms with Crippen molar-refractivity contribution in [3.8, 4) is 11.5 Å². The van der Waals surface area contributed by atoms with Crippen LogP contribution in [-0.2, 0) is 16.0 Å². The van der Waals surface area contributed by atoms with Crippen molar-refractivity contribution >= 4 is 11.9 Å². The van der Waals surface area contributed by atoms with Gasteiger partial charge in [-0.05, 0) is 30.5 Å². The molecule has 1 rings (SSSR count). The molecule has 23 heavy (non-hydrogen) atoms. The van der Waals surface area contributed by atoms with Gasteiger partial charge < -0.3 is 19.9 Å². The van der Waals surface area contributed by atoms with E-state index in [4.69, 9.17) is 14.6 Å². The van der Waals surface area contributed by atoms with Gasteiger partial charge in [0.1, 0.15) is 0 Å². The molecule has 0 radical (unpaired) electrons. The Morgan fingerprint density at radius 1 is 1.22 bits per heavy atom. The Morgan fingerprint density at radius 3 is 2.65 bits per heavy atom. The Kier molecular flexibility index (Phi) is 8.57. The minimum Gasteiger partial charge on any atom is -0.493 e. The highest BCUT2D eigenvalue weighted by Gasteiger charge is 2.07. The maximum atomic E-state index is 11.4. The average Bonchev–Trinajstić information content (AvgIpc) is 2.54. The smallest absolute Gasteiger partial charge is 0.303 e. The number of carbonyl (C=O) groups excluding carboxylic acids is 1. The number of nitrogens with one attached hydrogen (secondary N) is 1. The first kappa shape index (κ1) is 18.8. The second kappa shape index (κ2) is 10.5. The van der Waals surface area contributed by atoms with Crippen molar-refractivity contribution in [1.82, 2.24) is 5.32 Å². The topological polar surface area (TPSA) is 84.9 Å². The molecule has 0 aliphatic rings. The number of ether oxygens (including phenoxy) is 2. The number of methoxy groups -OCH3 is 1. The summed E-state index contributed by atoms with van der Waals surface area (Å²) in [5.74, 6) is 0.174. The molecule has 0 saturated carbocycles. The van der Waals surface area contributed by atoms with Gasteiger partial charge in [0.15, 0.2) is 11.5 Å². The van der Waals surface area contributed by atoms with Crippen LogP contribution in [0.25, 0.3) is 0 Å². The SMILES string of the molecule is CCCCOc1ccc(CCNC(=O)CCC(=O)O)cc1OC. The first-order chi connectivity index (χ1) is 11.1. The van der Waals surface area contributed by atoms with Gasteiger partial charge in [0.2, 0.25) is 5.91 Å². The minimum atomic E-state index is -0.969. The Bertz CT molecular complexity index is 516. The Morgan fingerprint density at radius 2 is 2.00 bits per heavy atom. The van der Waals surface area contributed by atoms with Crippen molar-refractivity contribution in [3.63, 3.8) is 0 Å². The Hall–Kier alpha value is -2.24. The van der Waals surface area contributed by atoms with Crippen molar-refractivity contribution in [1.29, 1.82) is 0 Å². The molecule has 0 heterocycles. The molecule has 1 amide bonds. The second-order valence-electron chi connectivity index (χ2n) is 5.18. The third-order valence-electron chi connectivity index (χ3n) is 3.29. The molecular formula is C17H25NO5. The molecule has 0 aliphatic carbocycles. The zero-order valence-corrected chi connectivity index (χ0v) is 13.8. The van der Waals surface area contributed by atoms with E-state index in [1.54, 1.807) is 7.11 Å². The van der Waals surface area contributed by atoms with Crippen LogP contribution in [0.2, 0.25) is 0 Å². The van der Waals surface area contributed by atoms with Crippen LogP contribution in [-0.4, -0.2) is 37.2 Å². The number of unbranched alkanes of at least 4 members (excludes halogenated alkanes) is 1. The van der Waals surface area contributed by atoms with Crippen LogP contribution in [0.15, 0.2) is 18.2 Å². The van der Waals surface area contributed by atoms with Crippen LogP contribution in [0.5, 0.6) is 11.5 Å². The van der Waals surface area contributed by atoms with Crippen molar-refractivity contribution in [2.24, 2.45) is 0 Å². The van der Waals surface area contributed by atoms with Gasteiger partial charge in [-0.25, -0.2) is 0 Å². The lowest BCUT2D eigenvalue weighted by Crippen LogP contribution is -2.26. The molecule has 0 spiro atoms. The molecule has 0 aromatic heterocycles. The molecule has 0 atom stereocenters. The summed E-state index contributed by atoms with van der Waals surface area (Å²) in [4.78, 5) is 21.8. The van der Waals surface area contributed by atoms with Gasteiger partial charge in [-0.3, -0.25) is 9.59 Å². The summed E-state index contributed by atoms with van der Waals surface area (Å²) in [6.45, 7) is 3.22. The molecule has 1 aromatic carbocycles. The lowest BCUT2D eigenvalue weighted by molar-refractivity contribution is -0.138. The predicted molar refractivity (Wildman–Crippen MR) is 87.0 cm³/mol. The van der Waals surface area contributed by atoms with Crippen molar-refractivity contribution in [2.75, 3.05) is 20.3 Å². The number of carboxylic acid groups (broad SMARTS) is 1. The number of hydrogen-bond acceptors (Lipinski definition) is 4. The van der Waals surface area contributed by atoms with Gasteiger partial charge in [0, 0.05) is 13.0 Å². The van der Waals surface area contributed by atoms with Crippen molar-refractivity contribution in [3.05, 3.63) is 23.8 Å². The van der Waals surface area contributed by atoms with E-state index in [0.29, 0.717) is 25.3 Å². The molecule has 6 nitrogen and oxygen atoms in total. The zero-order chi connectivity index (χ0) is 17.1. The predicted octanol–water partition coefficient (Wildman–Crippen LogP) is 2.40. The van der Waals surface area contributed by atoms with E-state index in [1.807, 2.05) is 18.2 Å². The molecule has 1 aromatic rings. The summed E-state index contributed by atoms with van der Waals surface area (Å²) in [5, 5.41) is 11.2. The molecule has 0 saturated heterocycles. The first-order valence-corrected chi connectivity index (χ1v) is 7.85. The number of amides is 1. The van der Waals surface area contributed by atoms with E-state index < -0.39 is 5.97 Å². The van der Waals surface area contributed by atoms with E-state index in [9.17, 15) is 9.59 Å². The van der Waals surface area contributed by atoms with E-state index in [2.05, 4.69) is 12.2 Å². The van der Waals surface area contributed by atoms with Crippen molar-refractivity contribution < 1.29 is 24.2 Å². The lowest BCUT2D eigenvalue weighted by Gasteiger charge is -2.12. The van der Waals surface area contributed by atoms with Gasteiger partial charge in [-0.15, -0.1) is 0 Å². The quantitative estimate of drug-likeness (QED) is 0.611. The number of hydrogen-bond donors (Lipinski definition) is 2. The van der Waals surface area contributed by atoms with Crippen LogP contribution >= 0.6 is 0 Å². The molecule has 0 unspecified atom stereocenters. The van der Waals surface area contributed by atoms with Crippen molar-refractivity contribution in [2.45, 2.75) is 39.0 Å². The average molecular weight is 323 g/mol. The number of rotatable bonds is 11. The van der Waals surface area contributed by atoms with E-state index in [1.165, 1.54) is 0 Å². The summed E-state index contributed by atoms with van der Waals surface area (Å²) >= 11 is 0. The lowest BCUT2D eigenvalue weighted by atomic mass is 10.1. The van der Waals surface area contributed by atoms with E-state index in [0.717, 1.165) is 24.2 Å². The first-order valence-electron chi connectivity index (χ1n) is 7.85. The molecule has 0 fully saturated rings. The molecule has 128 valence electrons. The standard InChI is InChI=1S/C17H25NO5/c1-3-4-11-23-14-6-5-13(12-15(14)22-2)9-10-18-16(19)7-8-17(20)21/h5-6,12H,3-4,7-11H2,1-2H3,(H,18,19)(H,20,21). The molecule has 0 bridgehead atoms. The van der Waals surface area contributed by atoms with Crippen LogP contribution in [0.4, 0.5) is 0 Å². The Balaban J connectivity index is 2.45. The normalized spacial score (nSPS) is 10.2. The van der Waals surface area contributed by atoms with Crippen LogP contribution in [0.3, 0.4) is 0 Å². The molecule has 2 N–H and O–H groups in total. The number of carboxylic acids is 1. The van der Waals surface area contributed by atoms with Gasteiger partial charge in [-0.1, -0.05) is 19.4 Å². The van der Waals surface area contributed by atoms with Gasteiger partial charge in [0.25, 0.3) is 0 Å². The highest BCUT2D eigenvalue weighted by molar-refractivity contribution is 5.80. The zero-order valence-electron chi connectivity index (χ0n) is 13.8. The van der Waals surface area contributed by atoms with Gasteiger partial charge >= 0.3 is 5.97 Å². The molecular weight excluding hydrogens is 298 g/mol. The summed E-state index contributed by atoms with van der Waals surface area (Å²) < 4.78 is 11.0. The largest absolute Gasteiger partial charge is 0.493 e. The fourth-order valence-electron chi connectivity index (χ4n) is 1.97. The van der Waals surface area contributed by atoms with Gasteiger partial charge in [-0.2, -0.15) is 0 Å². The maximum absolute atomic E-state index is 11.4. The Labute approximate surface area is 136 Å². The number of carbonyl (C=O) groups is 2. The fourth-order valence-corrected chi connectivity index (χ4v) is 1.97. The van der Waals surface area contributed by atoms with Crippen LogP contribution in [0.1, 0.15) is 38.2 Å². The third-order valence-corrected chi connectivity index (χ3v) is 3.29. The van der Waals surface area contributed by atoms with Crippen LogP contribution in [0, 0.1) is 0 Å². The minimum absolute atomic E-state index is 0.00284. The summed E-state index contributed by atoms with van der Waals surface area (Å²) in [6, 6.07) is 5.70. The highest BCUT2D eigenvalue weighted by Crippen LogP contribution is 2.28. The molecule has 0 aliphatic heterocycles. The van der Waals surface area contributed by atoms with E-state index in [-0.39, 0.29) is 18.7 Å². The monoisotopic (exact) mass is 323 g/mol. The summed E-state index contributed by atoms with van der Waals surface area (Å²) in [6.07, 6.45) is 2.56. The highest BCUT2D eigenvalue weighted by atomic mass is 16.5. The number of aliphatic carboxylic acids is 1. The maximum Gasteiger partial charge on any atom is 0.303 e. The summed E-state index contributed by atoms with van der Waals surface area (Å²) in [7, 11) is 1.60. The van der Waals surface area contributed by atoms with Crippen LogP contribution < -0.4 is 14.8 Å². The van der Waals surface area contributed by atoms with Gasteiger partial charge in [0.05, 0.1) is 20.1 Å². The summed E-state index contributed by atoms with van der Waals surface area (Å²) in [5.41, 5.74) is 1.02. The number of benzene rings is 1.